The van der Waals surface area contributed by atoms with Crippen molar-refractivity contribution in [2.45, 2.75) is 25.9 Å². The van der Waals surface area contributed by atoms with Crippen LogP contribution in [0.3, 0.4) is 0 Å². The van der Waals surface area contributed by atoms with Crippen molar-refractivity contribution >= 4 is 0 Å². The van der Waals surface area contributed by atoms with Crippen LogP contribution >= 0.6 is 0 Å². The Morgan fingerprint density at radius 2 is 2.24 bits per heavy atom. The summed E-state index contributed by atoms with van der Waals surface area (Å²) in [5.41, 5.74) is 0.922. The molecule has 6 heteroatoms. The minimum atomic E-state index is 0.0980. The number of aliphatic hydroxyl groups is 1. The van der Waals surface area contributed by atoms with E-state index in [1.165, 1.54) is 12.8 Å². The summed E-state index contributed by atoms with van der Waals surface area (Å²) in [6.45, 7) is 3.49. The number of rotatable bonds is 9. The topological polar surface area (TPSA) is 66.2 Å². The molecule has 0 saturated carbocycles. The molecule has 0 aliphatic carbocycles. The predicted octanol–water partition coefficient (Wildman–Crippen LogP) is -0.298. The Hall–Kier alpha value is -0.980. The second-order valence-electron chi connectivity index (χ2n) is 4.38. The van der Waals surface area contributed by atoms with Gasteiger partial charge in [-0.1, -0.05) is 5.21 Å². The maximum Gasteiger partial charge on any atom is 0.0964 e. The SMILES string of the molecule is CN(C)CCCCNCc1cn(CCO)nn1. The summed E-state index contributed by atoms with van der Waals surface area (Å²) in [5.74, 6) is 0. The minimum absolute atomic E-state index is 0.0980. The van der Waals surface area contributed by atoms with E-state index in [4.69, 9.17) is 5.11 Å². The van der Waals surface area contributed by atoms with E-state index in [-0.39, 0.29) is 6.61 Å². The Balaban J connectivity index is 2.05. The highest BCUT2D eigenvalue weighted by molar-refractivity contribution is 4.91. The van der Waals surface area contributed by atoms with Crippen LogP contribution in [0.4, 0.5) is 0 Å². The molecule has 0 unspecified atom stereocenters. The molecule has 0 spiro atoms. The van der Waals surface area contributed by atoms with Crippen molar-refractivity contribution in [2.24, 2.45) is 0 Å². The van der Waals surface area contributed by atoms with Gasteiger partial charge in [0.15, 0.2) is 0 Å². The van der Waals surface area contributed by atoms with Crippen LogP contribution in [0.25, 0.3) is 0 Å². The van der Waals surface area contributed by atoms with Gasteiger partial charge in [0, 0.05) is 12.7 Å². The fraction of sp³-hybridized carbons (Fsp3) is 0.818. The van der Waals surface area contributed by atoms with Crippen molar-refractivity contribution in [3.05, 3.63) is 11.9 Å². The summed E-state index contributed by atoms with van der Waals surface area (Å²) in [6.07, 6.45) is 4.24. The fourth-order valence-corrected chi connectivity index (χ4v) is 1.53. The number of nitrogens with one attached hydrogen (secondary N) is 1. The molecule has 17 heavy (non-hydrogen) atoms. The highest BCUT2D eigenvalue weighted by Crippen LogP contribution is 1.93. The van der Waals surface area contributed by atoms with Crippen LogP contribution in [0.5, 0.6) is 0 Å². The van der Waals surface area contributed by atoms with E-state index >= 15 is 0 Å². The van der Waals surface area contributed by atoms with E-state index in [1.54, 1.807) is 4.68 Å². The molecule has 0 fully saturated rings. The fourth-order valence-electron chi connectivity index (χ4n) is 1.53. The number of hydrogen-bond donors (Lipinski definition) is 2. The van der Waals surface area contributed by atoms with Gasteiger partial charge >= 0.3 is 0 Å². The highest BCUT2D eigenvalue weighted by Gasteiger charge is 1.99. The Morgan fingerprint density at radius 3 is 2.94 bits per heavy atom. The molecule has 1 aromatic heterocycles. The molecule has 1 rings (SSSR count). The van der Waals surface area contributed by atoms with E-state index in [2.05, 4.69) is 34.6 Å². The van der Waals surface area contributed by atoms with Crippen molar-refractivity contribution in [3.63, 3.8) is 0 Å². The van der Waals surface area contributed by atoms with E-state index in [9.17, 15) is 0 Å². The standard InChI is InChI=1S/C11H23N5O/c1-15(2)6-4-3-5-12-9-11-10-16(7-8-17)14-13-11/h10,12,17H,3-9H2,1-2H3. The maximum absolute atomic E-state index is 8.74. The van der Waals surface area contributed by atoms with E-state index in [1.807, 2.05) is 6.20 Å². The lowest BCUT2D eigenvalue weighted by molar-refractivity contribution is 0.268. The third-order valence-corrected chi connectivity index (χ3v) is 2.43. The van der Waals surface area contributed by atoms with Crippen LogP contribution in [-0.2, 0) is 13.1 Å². The highest BCUT2D eigenvalue weighted by atomic mass is 16.3. The maximum atomic E-state index is 8.74. The Morgan fingerprint density at radius 1 is 1.41 bits per heavy atom. The molecule has 0 aliphatic rings. The van der Waals surface area contributed by atoms with Crippen LogP contribution in [-0.4, -0.2) is 58.8 Å². The van der Waals surface area contributed by atoms with E-state index < -0.39 is 0 Å². The number of aliphatic hydroxyl groups excluding tert-OH is 1. The van der Waals surface area contributed by atoms with Crippen molar-refractivity contribution in [3.8, 4) is 0 Å². The zero-order chi connectivity index (χ0) is 12.5. The normalized spacial score (nSPS) is 11.3. The Labute approximate surface area is 103 Å². The molecule has 0 bridgehead atoms. The first kappa shape index (κ1) is 14.1. The Bertz CT molecular complexity index is 300. The summed E-state index contributed by atoms with van der Waals surface area (Å²) < 4.78 is 1.66. The predicted molar refractivity (Wildman–Crippen MR) is 66.6 cm³/mol. The molecule has 2 N–H and O–H groups in total. The molecule has 0 aromatic carbocycles. The van der Waals surface area contributed by atoms with Gasteiger partial charge in [0.1, 0.15) is 0 Å². The van der Waals surface area contributed by atoms with Gasteiger partial charge in [0.2, 0.25) is 0 Å². The molecular weight excluding hydrogens is 218 g/mol. The first-order valence-corrected chi connectivity index (χ1v) is 6.07. The molecular formula is C11H23N5O. The average Bonchev–Trinajstić information content (AvgIpc) is 2.71. The van der Waals surface area contributed by atoms with Gasteiger partial charge in [0.25, 0.3) is 0 Å². The van der Waals surface area contributed by atoms with Crippen molar-refractivity contribution in [2.75, 3.05) is 33.8 Å². The number of nitrogens with zero attached hydrogens (tertiary/aromatic N) is 4. The quantitative estimate of drug-likeness (QED) is 0.581. The molecule has 1 heterocycles. The van der Waals surface area contributed by atoms with E-state index in [0.717, 1.165) is 25.3 Å². The van der Waals surface area contributed by atoms with Crippen LogP contribution in [0, 0.1) is 0 Å². The van der Waals surface area contributed by atoms with Crippen LogP contribution < -0.4 is 5.32 Å². The first-order chi connectivity index (χ1) is 8.22. The van der Waals surface area contributed by atoms with Gasteiger partial charge in [0.05, 0.1) is 18.8 Å². The zero-order valence-electron chi connectivity index (χ0n) is 10.8. The van der Waals surface area contributed by atoms with Gasteiger partial charge in [-0.15, -0.1) is 5.10 Å². The van der Waals surface area contributed by atoms with Crippen molar-refractivity contribution in [1.82, 2.24) is 25.2 Å². The molecule has 0 atom stereocenters. The summed E-state index contributed by atoms with van der Waals surface area (Å²) in [7, 11) is 4.18. The summed E-state index contributed by atoms with van der Waals surface area (Å²) in [5, 5.41) is 20.0. The minimum Gasteiger partial charge on any atom is -0.394 e. The zero-order valence-corrected chi connectivity index (χ0v) is 10.8. The lowest BCUT2D eigenvalue weighted by Crippen LogP contribution is -2.18. The third-order valence-electron chi connectivity index (χ3n) is 2.43. The third kappa shape index (κ3) is 6.35. The Kier molecular flexibility index (Phi) is 6.76. The molecule has 0 amide bonds. The molecule has 6 nitrogen and oxygen atoms in total. The molecule has 1 aromatic rings. The second kappa shape index (κ2) is 8.16. The summed E-state index contributed by atoms with van der Waals surface area (Å²) in [4.78, 5) is 2.19. The number of aromatic nitrogens is 3. The number of unbranched alkanes of at least 4 members (excludes halogenated alkanes) is 1. The largest absolute Gasteiger partial charge is 0.394 e. The second-order valence-corrected chi connectivity index (χ2v) is 4.38. The van der Waals surface area contributed by atoms with Crippen LogP contribution in [0.1, 0.15) is 18.5 Å². The van der Waals surface area contributed by atoms with Crippen molar-refractivity contribution < 1.29 is 5.11 Å². The van der Waals surface area contributed by atoms with Crippen LogP contribution in [0.2, 0.25) is 0 Å². The average molecular weight is 241 g/mol. The lowest BCUT2D eigenvalue weighted by Gasteiger charge is -2.08. The number of hydrogen-bond acceptors (Lipinski definition) is 5. The van der Waals surface area contributed by atoms with E-state index in [0.29, 0.717) is 6.54 Å². The van der Waals surface area contributed by atoms with Gasteiger partial charge < -0.3 is 15.3 Å². The smallest absolute Gasteiger partial charge is 0.0964 e. The van der Waals surface area contributed by atoms with Gasteiger partial charge in [-0.05, 0) is 40.0 Å². The van der Waals surface area contributed by atoms with Gasteiger partial charge in [-0.25, -0.2) is 4.68 Å². The monoisotopic (exact) mass is 241 g/mol. The molecule has 98 valence electrons. The van der Waals surface area contributed by atoms with Crippen LogP contribution in [0.15, 0.2) is 6.20 Å². The first-order valence-electron chi connectivity index (χ1n) is 6.07. The summed E-state index contributed by atoms with van der Waals surface area (Å²) in [6, 6.07) is 0. The van der Waals surface area contributed by atoms with Crippen molar-refractivity contribution in [1.29, 1.82) is 0 Å². The molecule has 0 radical (unpaired) electrons. The van der Waals surface area contributed by atoms with Gasteiger partial charge in [-0.3, -0.25) is 0 Å². The summed E-state index contributed by atoms with van der Waals surface area (Å²) >= 11 is 0. The molecule has 0 aliphatic heterocycles. The lowest BCUT2D eigenvalue weighted by atomic mass is 10.3. The van der Waals surface area contributed by atoms with Gasteiger partial charge in [-0.2, -0.15) is 0 Å². The molecule has 0 saturated heterocycles.